The lowest BCUT2D eigenvalue weighted by atomic mass is 10.1. The third kappa shape index (κ3) is 6.09. The van der Waals surface area contributed by atoms with Crippen LogP contribution in [0.15, 0.2) is 48.7 Å². The molecule has 1 saturated heterocycles. The Morgan fingerprint density at radius 2 is 2.04 bits per heavy atom. The van der Waals surface area contributed by atoms with E-state index in [1.807, 2.05) is 30.5 Å². The molecule has 1 N–H and O–H groups in total. The minimum atomic E-state index is 0.620. The number of rotatable bonds is 9. The fourth-order valence-electron chi connectivity index (χ4n) is 3.20. The third-order valence-electron chi connectivity index (χ3n) is 4.79. The van der Waals surface area contributed by atoms with Crippen molar-refractivity contribution in [2.75, 3.05) is 33.4 Å². The van der Waals surface area contributed by atoms with Crippen LogP contribution in [-0.2, 0) is 17.8 Å². The van der Waals surface area contributed by atoms with E-state index < -0.39 is 0 Å². The van der Waals surface area contributed by atoms with Crippen LogP contribution in [0.25, 0.3) is 0 Å². The molecule has 0 saturated carbocycles. The van der Waals surface area contributed by atoms with Crippen molar-refractivity contribution in [2.24, 2.45) is 0 Å². The number of hydrogen-bond acceptors (Lipinski definition) is 5. The minimum Gasteiger partial charge on any atom is -0.492 e. The third-order valence-corrected chi connectivity index (χ3v) is 4.79. The molecule has 1 aliphatic heterocycles. The van der Waals surface area contributed by atoms with E-state index in [1.165, 1.54) is 5.56 Å². The number of aromatic nitrogens is 1. The first kappa shape index (κ1) is 18.8. The molecule has 0 spiro atoms. The zero-order chi connectivity index (χ0) is 18.0. The summed E-state index contributed by atoms with van der Waals surface area (Å²) in [5, 5.41) is 3.42. The van der Waals surface area contributed by atoms with E-state index in [1.54, 1.807) is 0 Å². The smallest absolute Gasteiger partial charge is 0.119 e. The van der Waals surface area contributed by atoms with Gasteiger partial charge in [0.1, 0.15) is 12.4 Å². The van der Waals surface area contributed by atoms with Crippen LogP contribution >= 0.6 is 0 Å². The molecule has 0 bridgehead atoms. The highest BCUT2D eigenvalue weighted by atomic mass is 16.5. The van der Waals surface area contributed by atoms with Gasteiger partial charge in [-0.25, -0.2) is 0 Å². The summed E-state index contributed by atoms with van der Waals surface area (Å²) in [7, 11) is 2.18. The molecular formula is C21H29N3O2. The second-order valence-corrected chi connectivity index (χ2v) is 6.74. The summed E-state index contributed by atoms with van der Waals surface area (Å²) in [6, 6.07) is 14.9. The highest BCUT2D eigenvalue weighted by molar-refractivity contribution is 5.28. The Morgan fingerprint density at radius 1 is 1.15 bits per heavy atom. The maximum Gasteiger partial charge on any atom is 0.119 e. The molecule has 2 aromatic rings. The molecule has 2 heterocycles. The van der Waals surface area contributed by atoms with Gasteiger partial charge in [-0.1, -0.05) is 18.2 Å². The molecule has 3 rings (SSSR count). The van der Waals surface area contributed by atoms with Gasteiger partial charge in [0.05, 0.1) is 5.69 Å². The Kier molecular flexibility index (Phi) is 7.43. The van der Waals surface area contributed by atoms with Gasteiger partial charge in [-0.2, -0.15) is 0 Å². The Balaban J connectivity index is 1.39. The van der Waals surface area contributed by atoms with Gasteiger partial charge in [0.25, 0.3) is 0 Å². The predicted octanol–water partition coefficient (Wildman–Crippen LogP) is 2.86. The number of pyridine rings is 1. The van der Waals surface area contributed by atoms with Gasteiger partial charge in [-0.05, 0) is 49.7 Å². The van der Waals surface area contributed by atoms with Crippen LogP contribution in [0.3, 0.4) is 0 Å². The van der Waals surface area contributed by atoms with Gasteiger partial charge in [0.15, 0.2) is 0 Å². The first-order chi connectivity index (χ1) is 12.8. The summed E-state index contributed by atoms with van der Waals surface area (Å²) >= 11 is 0. The average molecular weight is 355 g/mol. The molecule has 140 valence electrons. The van der Waals surface area contributed by atoms with Crippen LogP contribution in [0, 0.1) is 0 Å². The zero-order valence-corrected chi connectivity index (χ0v) is 15.6. The van der Waals surface area contributed by atoms with Crippen LogP contribution in [0.2, 0.25) is 0 Å². The molecule has 0 unspecified atom stereocenters. The van der Waals surface area contributed by atoms with E-state index in [4.69, 9.17) is 9.47 Å². The fourth-order valence-corrected chi connectivity index (χ4v) is 3.20. The van der Waals surface area contributed by atoms with Gasteiger partial charge in [0, 0.05) is 45.1 Å². The van der Waals surface area contributed by atoms with Crippen molar-refractivity contribution in [3.05, 3.63) is 59.9 Å². The lowest BCUT2D eigenvalue weighted by molar-refractivity contribution is 0.0392. The SMILES string of the molecule is CN(CCOc1cccc(CNCc2ccccn2)c1)C1CCOCC1. The Hall–Kier alpha value is -1.95. The molecule has 0 amide bonds. The number of benzene rings is 1. The molecule has 1 aliphatic rings. The molecule has 1 aromatic carbocycles. The van der Waals surface area contributed by atoms with E-state index in [2.05, 4.69) is 40.4 Å². The van der Waals surface area contributed by atoms with Crippen molar-refractivity contribution in [3.63, 3.8) is 0 Å². The average Bonchev–Trinajstić information content (AvgIpc) is 2.70. The van der Waals surface area contributed by atoms with E-state index >= 15 is 0 Å². The molecule has 0 radical (unpaired) electrons. The highest BCUT2D eigenvalue weighted by Crippen LogP contribution is 2.15. The van der Waals surface area contributed by atoms with Gasteiger partial charge >= 0.3 is 0 Å². The van der Waals surface area contributed by atoms with Crippen molar-refractivity contribution in [2.45, 2.75) is 32.0 Å². The fraction of sp³-hybridized carbons (Fsp3) is 0.476. The van der Waals surface area contributed by atoms with Gasteiger partial charge in [0.2, 0.25) is 0 Å². The zero-order valence-electron chi connectivity index (χ0n) is 15.6. The normalized spacial score (nSPS) is 15.3. The first-order valence-electron chi connectivity index (χ1n) is 9.41. The summed E-state index contributed by atoms with van der Waals surface area (Å²) in [4.78, 5) is 6.71. The first-order valence-corrected chi connectivity index (χ1v) is 9.41. The topological polar surface area (TPSA) is 46.6 Å². The molecule has 5 heteroatoms. The van der Waals surface area contributed by atoms with Crippen LogP contribution in [0.1, 0.15) is 24.1 Å². The molecule has 26 heavy (non-hydrogen) atoms. The number of nitrogens with one attached hydrogen (secondary N) is 1. The second-order valence-electron chi connectivity index (χ2n) is 6.74. The Morgan fingerprint density at radius 3 is 2.85 bits per heavy atom. The van der Waals surface area contributed by atoms with Gasteiger partial charge in [-0.3, -0.25) is 9.88 Å². The van der Waals surface area contributed by atoms with Crippen LogP contribution in [0.4, 0.5) is 0 Å². The largest absolute Gasteiger partial charge is 0.492 e. The van der Waals surface area contributed by atoms with Gasteiger partial charge < -0.3 is 14.8 Å². The molecular weight excluding hydrogens is 326 g/mol. The van der Waals surface area contributed by atoms with Crippen molar-refractivity contribution in [1.29, 1.82) is 0 Å². The quantitative estimate of drug-likeness (QED) is 0.749. The molecule has 5 nitrogen and oxygen atoms in total. The Bertz CT molecular complexity index is 645. The van der Waals surface area contributed by atoms with E-state index in [0.717, 1.165) is 57.1 Å². The van der Waals surface area contributed by atoms with Crippen molar-refractivity contribution < 1.29 is 9.47 Å². The van der Waals surface area contributed by atoms with Crippen molar-refractivity contribution in [1.82, 2.24) is 15.2 Å². The van der Waals surface area contributed by atoms with E-state index in [-0.39, 0.29) is 0 Å². The van der Waals surface area contributed by atoms with E-state index in [0.29, 0.717) is 12.6 Å². The number of ether oxygens (including phenoxy) is 2. The minimum absolute atomic E-state index is 0.620. The van der Waals surface area contributed by atoms with Crippen LogP contribution < -0.4 is 10.1 Å². The number of nitrogens with zero attached hydrogens (tertiary/aromatic N) is 2. The molecule has 1 fully saturated rings. The number of likely N-dealkylation sites (N-methyl/N-ethyl adjacent to an activating group) is 1. The summed E-state index contributed by atoms with van der Waals surface area (Å²) in [6.07, 6.45) is 4.06. The summed E-state index contributed by atoms with van der Waals surface area (Å²) < 4.78 is 11.4. The second kappa shape index (κ2) is 10.3. The summed E-state index contributed by atoms with van der Waals surface area (Å²) in [6.45, 7) is 4.97. The lowest BCUT2D eigenvalue weighted by Gasteiger charge is -2.31. The lowest BCUT2D eigenvalue weighted by Crippen LogP contribution is -2.38. The molecule has 0 atom stereocenters. The van der Waals surface area contributed by atoms with Gasteiger partial charge in [-0.15, -0.1) is 0 Å². The van der Waals surface area contributed by atoms with E-state index in [9.17, 15) is 0 Å². The predicted molar refractivity (Wildman–Crippen MR) is 103 cm³/mol. The standard InChI is InChI=1S/C21H29N3O2/c1-24(20-8-12-25-13-9-20)11-14-26-21-7-4-5-18(15-21)16-22-17-19-6-2-3-10-23-19/h2-7,10,15,20,22H,8-9,11-14,16-17H2,1H3. The monoisotopic (exact) mass is 355 g/mol. The Labute approximate surface area is 156 Å². The molecule has 1 aromatic heterocycles. The highest BCUT2D eigenvalue weighted by Gasteiger charge is 2.17. The van der Waals surface area contributed by atoms with Crippen LogP contribution in [-0.4, -0.2) is 49.3 Å². The summed E-state index contributed by atoms with van der Waals surface area (Å²) in [5.74, 6) is 0.933. The van der Waals surface area contributed by atoms with Crippen molar-refractivity contribution >= 4 is 0 Å². The van der Waals surface area contributed by atoms with Crippen LogP contribution in [0.5, 0.6) is 5.75 Å². The van der Waals surface area contributed by atoms with Crippen molar-refractivity contribution in [3.8, 4) is 5.75 Å². The summed E-state index contributed by atoms with van der Waals surface area (Å²) in [5.41, 5.74) is 2.27. The number of hydrogen-bond donors (Lipinski definition) is 1. The maximum atomic E-state index is 5.96. The molecule has 0 aliphatic carbocycles. The maximum absolute atomic E-state index is 5.96.